The molecule has 2 aromatic heterocycles. The van der Waals surface area contributed by atoms with Gasteiger partial charge in [-0.05, 0) is 37.8 Å². The molecule has 0 bridgehead atoms. The van der Waals surface area contributed by atoms with E-state index in [1.54, 1.807) is 13.0 Å². The van der Waals surface area contributed by atoms with E-state index in [-0.39, 0.29) is 23.3 Å². The van der Waals surface area contributed by atoms with Crippen LogP contribution in [0.25, 0.3) is 0 Å². The lowest BCUT2D eigenvalue weighted by Gasteiger charge is -2.27. The number of carbonyl (C=O) groups is 2. The van der Waals surface area contributed by atoms with Gasteiger partial charge in [-0.1, -0.05) is 11.2 Å². The maximum Gasteiger partial charge on any atom is 0.235 e. The van der Waals surface area contributed by atoms with Gasteiger partial charge < -0.3 is 20.1 Å². The molecule has 0 unspecified atom stereocenters. The molecule has 9 heteroatoms. The van der Waals surface area contributed by atoms with Crippen LogP contribution in [0.1, 0.15) is 30.6 Å². The summed E-state index contributed by atoms with van der Waals surface area (Å²) in [7, 11) is 0. The summed E-state index contributed by atoms with van der Waals surface area (Å²) in [4.78, 5) is 30.6. The number of pyridine rings is 1. The molecular weight excluding hydrogens is 378 g/mol. The summed E-state index contributed by atoms with van der Waals surface area (Å²) in [6, 6.07) is 5.65. The fraction of sp³-hybridized carbons (Fsp3) is 0.474. The van der Waals surface area contributed by atoms with E-state index in [9.17, 15) is 9.59 Å². The lowest BCUT2D eigenvalue weighted by Crippen LogP contribution is -2.30. The minimum absolute atomic E-state index is 0.116. The second-order valence-corrected chi connectivity index (χ2v) is 7.70. The van der Waals surface area contributed by atoms with Crippen LogP contribution in [0.5, 0.6) is 0 Å². The molecule has 0 atom stereocenters. The second-order valence-electron chi connectivity index (χ2n) is 6.71. The number of amides is 2. The standard InChI is InChI=1S/C19H25N5O3S/c1-14-9-16(23-27-14)22-19(26)13-28-12-18(25)21-11-15-5-6-17(20-10-15)24-7-3-2-4-8-24/h5-6,9-10H,2-4,7-8,11-13H2,1H3,(H,21,25)(H,22,23,26). The van der Waals surface area contributed by atoms with Crippen LogP contribution in [0.4, 0.5) is 11.6 Å². The Morgan fingerprint density at radius 3 is 2.64 bits per heavy atom. The lowest BCUT2D eigenvalue weighted by atomic mass is 10.1. The molecule has 0 saturated carbocycles. The molecule has 1 fully saturated rings. The van der Waals surface area contributed by atoms with Crippen LogP contribution < -0.4 is 15.5 Å². The van der Waals surface area contributed by atoms with E-state index in [0.29, 0.717) is 18.1 Å². The molecule has 1 aliphatic heterocycles. The molecule has 2 amide bonds. The van der Waals surface area contributed by atoms with Gasteiger partial charge in [0.25, 0.3) is 0 Å². The number of hydrogen-bond acceptors (Lipinski definition) is 7. The highest BCUT2D eigenvalue weighted by Gasteiger charge is 2.12. The normalized spacial score (nSPS) is 14.0. The first-order valence-electron chi connectivity index (χ1n) is 9.37. The van der Waals surface area contributed by atoms with Crippen molar-refractivity contribution in [3.8, 4) is 0 Å². The maximum atomic E-state index is 12.0. The zero-order valence-electron chi connectivity index (χ0n) is 15.9. The number of rotatable bonds is 8. The third-order valence-electron chi connectivity index (χ3n) is 4.34. The Kier molecular flexibility index (Phi) is 7.30. The summed E-state index contributed by atoms with van der Waals surface area (Å²) in [5.41, 5.74) is 0.957. The van der Waals surface area contributed by atoms with Crippen molar-refractivity contribution in [3.05, 3.63) is 35.7 Å². The first-order chi connectivity index (χ1) is 13.6. The van der Waals surface area contributed by atoms with Crippen molar-refractivity contribution in [1.82, 2.24) is 15.5 Å². The number of nitrogens with zero attached hydrogens (tertiary/aromatic N) is 3. The monoisotopic (exact) mass is 403 g/mol. The van der Waals surface area contributed by atoms with Gasteiger partial charge in [0.2, 0.25) is 11.8 Å². The van der Waals surface area contributed by atoms with E-state index in [1.807, 2.05) is 18.3 Å². The smallest absolute Gasteiger partial charge is 0.235 e. The van der Waals surface area contributed by atoms with Gasteiger partial charge in [0.05, 0.1) is 11.5 Å². The van der Waals surface area contributed by atoms with Crippen molar-refractivity contribution in [2.45, 2.75) is 32.7 Å². The van der Waals surface area contributed by atoms with Crippen LogP contribution in [0.3, 0.4) is 0 Å². The summed E-state index contributed by atoms with van der Waals surface area (Å²) < 4.78 is 4.88. The first-order valence-corrected chi connectivity index (χ1v) is 10.5. The molecule has 8 nitrogen and oxygen atoms in total. The Morgan fingerprint density at radius 1 is 1.18 bits per heavy atom. The second kappa shape index (κ2) is 10.1. The number of piperidine rings is 1. The van der Waals surface area contributed by atoms with E-state index >= 15 is 0 Å². The molecule has 1 saturated heterocycles. The lowest BCUT2D eigenvalue weighted by molar-refractivity contribution is -0.118. The largest absolute Gasteiger partial charge is 0.360 e. The average Bonchev–Trinajstić information content (AvgIpc) is 3.12. The fourth-order valence-electron chi connectivity index (χ4n) is 2.92. The molecule has 28 heavy (non-hydrogen) atoms. The van der Waals surface area contributed by atoms with Gasteiger partial charge in [-0.3, -0.25) is 9.59 Å². The molecule has 0 radical (unpaired) electrons. The summed E-state index contributed by atoms with van der Waals surface area (Å²) in [6.07, 6.45) is 5.53. The summed E-state index contributed by atoms with van der Waals surface area (Å²) in [6.45, 7) is 4.30. The van der Waals surface area contributed by atoms with Crippen LogP contribution >= 0.6 is 11.8 Å². The van der Waals surface area contributed by atoms with Crippen LogP contribution in [0.2, 0.25) is 0 Å². The quantitative estimate of drug-likeness (QED) is 0.698. The van der Waals surface area contributed by atoms with Crippen molar-refractivity contribution >= 4 is 35.2 Å². The number of aromatic nitrogens is 2. The Morgan fingerprint density at radius 2 is 1.96 bits per heavy atom. The van der Waals surface area contributed by atoms with Gasteiger partial charge in [-0.15, -0.1) is 11.8 Å². The third-order valence-corrected chi connectivity index (χ3v) is 5.27. The van der Waals surface area contributed by atoms with Gasteiger partial charge in [0.15, 0.2) is 5.82 Å². The van der Waals surface area contributed by atoms with Gasteiger partial charge in [-0.2, -0.15) is 0 Å². The number of thioether (sulfide) groups is 1. The van der Waals surface area contributed by atoms with E-state index in [0.717, 1.165) is 24.5 Å². The number of anilines is 2. The van der Waals surface area contributed by atoms with Crippen molar-refractivity contribution in [3.63, 3.8) is 0 Å². The molecule has 150 valence electrons. The SMILES string of the molecule is Cc1cc(NC(=O)CSCC(=O)NCc2ccc(N3CCCCC3)nc2)no1. The Labute approximate surface area is 168 Å². The summed E-state index contributed by atoms with van der Waals surface area (Å²) in [5, 5.41) is 9.16. The minimum atomic E-state index is -0.219. The zero-order chi connectivity index (χ0) is 19.8. The average molecular weight is 404 g/mol. The van der Waals surface area contributed by atoms with Crippen LogP contribution in [0.15, 0.2) is 28.9 Å². The molecule has 3 rings (SSSR count). The van der Waals surface area contributed by atoms with Gasteiger partial charge >= 0.3 is 0 Å². The minimum Gasteiger partial charge on any atom is -0.360 e. The van der Waals surface area contributed by atoms with Crippen molar-refractivity contribution in [2.24, 2.45) is 0 Å². The highest BCUT2D eigenvalue weighted by Crippen LogP contribution is 2.17. The molecule has 3 heterocycles. The molecule has 0 aliphatic carbocycles. The number of aryl methyl sites for hydroxylation is 1. The van der Waals surface area contributed by atoms with Gasteiger partial charge in [0.1, 0.15) is 11.6 Å². The summed E-state index contributed by atoms with van der Waals surface area (Å²) in [5.74, 6) is 2.06. The van der Waals surface area contributed by atoms with E-state index in [2.05, 4.69) is 25.7 Å². The van der Waals surface area contributed by atoms with E-state index in [4.69, 9.17) is 4.52 Å². The Hall–Kier alpha value is -2.55. The van der Waals surface area contributed by atoms with E-state index in [1.165, 1.54) is 31.0 Å². The molecule has 1 aliphatic rings. The van der Waals surface area contributed by atoms with Crippen molar-refractivity contribution in [2.75, 3.05) is 34.8 Å². The Balaban J connectivity index is 1.33. The van der Waals surface area contributed by atoms with Crippen molar-refractivity contribution < 1.29 is 14.1 Å². The molecule has 2 aromatic rings. The topological polar surface area (TPSA) is 100 Å². The number of nitrogens with one attached hydrogen (secondary N) is 2. The highest BCUT2D eigenvalue weighted by molar-refractivity contribution is 8.00. The van der Waals surface area contributed by atoms with Gasteiger partial charge in [-0.25, -0.2) is 4.98 Å². The van der Waals surface area contributed by atoms with Gasteiger partial charge in [0, 0.05) is 31.9 Å². The van der Waals surface area contributed by atoms with E-state index < -0.39 is 0 Å². The number of hydrogen-bond donors (Lipinski definition) is 2. The third kappa shape index (κ3) is 6.26. The summed E-state index contributed by atoms with van der Waals surface area (Å²) >= 11 is 1.25. The predicted molar refractivity (Wildman–Crippen MR) is 109 cm³/mol. The van der Waals surface area contributed by atoms with Crippen LogP contribution in [-0.4, -0.2) is 46.6 Å². The first kappa shape index (κ1) is 20.2. The molecule has 0 spiro atoms. The van der Waals surface area contributed by atoms with Crippen LogP contribution in [-0.2, 0) is 16.1 Å². The number of carbonyl (C=O) groups excluding carboxylic acids is 2. The zero-order valence-corrected chi connectivity index (χ0v) is 16.8. The molecular formula is C19H25N5O3S. The predicted octanol–water partition coefficient (Wildman–Crippen LogP) is 2.36. The Bertz CT molecular complexity index is 787. The molecule has 2 N–H and O–H groups in total. The van der Waals surface area contributed by atoms with Crippen LogP contribution in [0, 0.1) is 6.92 Å². The van der Waals surface area contributed by atoms with Crippen molar-refractivity contribution in [1.29, 1.82) is 0 Å². The maximum absolute atomic E-state index is 12.0. The fourth-order valence-corrected chi connectivity index (χ4v) is 3.57. The molecule has 0 aromatic carbocycles. The highest BCUT2D eigenvalue weighted by atomic mass is 32.2.